The van der Waals surface area contributed by atoms with E-state index in [2.05, 4.69) is 4.72 Å². The number of carboxylic acids is 1. The van der Waals surface area contributed by atoms with Gasteiger partial charge < -0.3 is 5.11 Å². The minimum absolute atomic E-state index is 0.0289. The zero-order valence-corrected chi connectivity index (χ0v) is 12.6. The summed E-state index contributed by atoms with van der Waals surface area (Å²) in [7, 11) is -3.70. The SMILES string of the molecule is CCC(C#N)S(=O)(=O)NCC1(CC(=O)O)CCCCC1. The van der Waals surface area contributed by atoms with E-state index in [1.165, 1.54) is 0 Å². The van der Waals surface area contributed by atoms with E-state index in [0.29, 0.717) is 12.8 Å². The summed E-state index contributed by atoms with van der Waals surface area (Å²) in [5.74, 6) is -0.904. The fourth-order valence-electron chi connectivity index (χ4n) is 2.77. The third-order valence-corrected chi connectivity index (χ3v) is 5.71. The van der Waals surface area contributed by atoms with Crippen molar-refractivity contribution in [3.63, 3.8) is 0 Å². The molecule has 0 amide bonds. The number of carboxylic acid groups (broad SMARTS) is 1. The molecule has 0 aromatic carbocycles. The Balaban J connectivity index is 2.77. The average Bonchev–Trinajstić information content (AvgIpc) is 2.38. The van der Waals surface area contributed by atoms with Crippen LogP contribution in [0.25, 0.3) is 0 Å². The van der Waals surface area contributed by atoms with Crippen LogP contribution in [0.5, 0.6) is 0 Å². The number of nitriles is 1. The van der Waals surface area contributed by atoms with Crippen molar-refractivity contribution in [2.45, 2.75) is 57.1 Å². The Bertz CT molecular complexity index is 475. The summed E-state index contributed by atoms with van der Waals surface area (Å²) in [6.45, 7) is 1.75. The third kappa shape index (κ3) is 4.46. The van der Waals surface area contributed by atoms with Crippen LogP contribution in [0.2, 0.25) is 0 Å². The molecule has 7 heteroatoms. The largest absolute Gasteiger partial charge is 0.481 e. The van der Waals surface area contributed by atoms with E-state index in [0.717, 1.165) is 19.3 Å². The number of nitrogens with zero attached hydrogens (tertiary/aromatic N) is 1. The molecule has 1 rings (SSSR count). The summed E-state index contributed by atoms with van der Waals surface area (Å²) in [5.41, 5.74) is -0.509. The van der Waals surface area contributed by atoms with Crippen LogP contribution in [0.1, 0.15) is 51.9 Å². The van der Waals surface area contributed by atoms with Gasteiger partial charge >= 0.3 is 5.97 Å². The number of hydrogen-bond acceptors (Lipinski definition) is 4. The highest BCUT2D eigenvalue weighted by Crippen LogP contribution is 2.39. The first-order chi connectivity index (χ1) is 9.35. The Labute approximate surface area is 120 Å². The molecule has 1 aliphatic rings. The molecule has 0 radical (unpaired) electrons. The van der Waals surface area contributed by atoms with Crippen LogP contribution in [0.15, 0.2) is 0 Å². The van der Waals surface area contributed by atoms with Crippen LogP contribution < -0.4 is 4.72 Å². The van der Waals surface area contributed by atoms with E-state index in [1.807, 2.05) is 0 Å². The molecule has 1 atom stereocenters. The lowest BCUT2D eigenvalue weighted by molar-refractivity contribution is -0.140. The van der Waals surface area contributed by atoms with Gasteiger partial charge in [0, 0.05) is 6.54 Å². The Morgan fingerprint density at radius 2 is 2.00 bits per heavy atom. The van der Waals surface area contributed by atoms with E-state index in [1.54, 1.807) is 13.0 Å². The van der Waals surface area contributed by atoms with E-state index < -0.39 is 26.7 Å². The molecule has 0 bridgehead atoms. The molecule has 1 aliphatic carbocycles. The lowest BCUT2D eigenvalue weighted by Crippen LogP contribution is -2.43. The molecule has 0 heterocycles. The summed E-state index contributed by atoms with van der Waals surface area (Å²) in [6.07, 6.45) is 4.52. The second-order valence-corrected chi connectivity index (χ2v) is 7.47. The molecule has 20 heavy (non-hydrogen) atoms. The average molecular weight is 302 g/mol. The van der Waals surface area contributed by atoms with E-state index in [4.69, 9.17) is 10.4 Å². The van der Waals surface area contributed by atoms with Gasteiger partial charge in [0.2, 0.25) is 10.0 Å². The second kappa shape index (κ2) is 7.04. The van der Waals surface area contributed by atoms with Crippen LogP contribution in [-0.2, 0) is 14.8 Å². The fourth-order valence-corrected chi connectivity index (χ4v) is 4.06. The van der Waals surface area contributed by atoms with Gasteiger partial charge in [0.05, 0.1) is 12.5 Å². The van der Waals surface area contributed by atoms with Gasteiger partial charge in [0.15, 0.2) is 5.25 Å². The number of aliphatic carboxylic acids is 1. The van der Waals surface area contributed by atoms with Gasteiger partial charge in [0.1, 0.15) is 0 Å². The maximum atomic E-state index is 12.0. The number of hydrogen-bond donors (Lipinski definition) is 2. The molecule has 0 aromatic rings. The zero-order valence-electron chi connectivity index (χ0n) is 11.8. The molecule has 0 spiro atoms. The van der Waals surface area contributed by atoms with Crippen LogP contribution in [0, 0.1) is 16.7 Å². The molecule has 0 aliphatic heterocycles. The Morgan fingerprint density at radius 3 is 2.45 bits per heavy atom. The number of rotatable bonds is 7. The fraction of sp³-hybridized carbons (Fsp3) is 0.846. The van der Waals surface area contributed by atoms with Crippen molar-refractivity contribution in [1.29, 1.82) is 5.26 Å². The van der Waals surface area contributed by atoms with Crippen LogP contribution in [0.3, 0.4) is 0 Å². The van der Waals surface area contributed by atoms with Gasteiger partial charge in [-0.2, -0.15) is 5.26 Å². The molecular weight excluding hydrogens is 280 g/mol. The predicted molar refractivity (Wildman–Crippen MR) is 74.4 cm³/mol. The maximum Gasteiger partial charge on any atom is 0.303 e. The lowest BCUT2D eigenvalue weighted by Gasteiger charge is -2.36. The molecule has 114 valence electrons. The third-order valence-electron chi connectivity index (χ3n) is 3.98. The van der Waals surface area contributed by atoms with Crippen molar-refractivity contribution in [1.82, 2.24) is 4.72 Å². The highest BCUT2D eigenvalue weighted by molar-refractivity contribution is 7.90. The molecule has 0 aromatic heterocycles. The van der Waals surface area contributed by atoms with Gasteiger partial charge in [-0.1, -0.05) is 26.2 Å². The van der Waals surface area contributed by atoms with Crippen LogP contribution >= 0.6 is 0 Å². The first-order valence-corrected chi connectivity index (χ1v) is 8.50. The smallest absolute Gasteiger partial charge is 0.303 e. The standard InChI is InChI=1S/C13H22N2O4S/c1-2-11(9-14)20(18,19)15-10-13(8-12(16)17)6-4-3-5-7-13/h11,15H,2-8,10H2,1H3,(H,16,17). The van der Waals surface area contributed by atoms with Crippen molar-refractivity contribution < 1.29 is 18.3 Å². The lowest BCUT2D eigenvalue weighted by atomic mass is 9.72. The van der Waals surface area contributed by atoms with Crippen molar-refractivity contribution in [3.8, 4) is 6.07 Å². The topological polar surface area (TPSA) is 107 Å². The summed E-state index contributed by atoms with van der Waals surface area (Å²) in [5, 5.41) is 16.8. The molecule has 2 N–H and O–H groups in total. The normalized spacial score (nSPS) is 20.0. The highest BCUT2D eigenvalue weighted by Gasteiger charge is 2.36. The number of sulfonamides is 1. The summed E-state index contributed by atoms with van der Waals surface area (Å²) < 4.78 is 26.4. The predicted octanol–water partition coefficient (Wildman–Crippen LogP) is 1.63. The zero-order chi connectivity index (χ0) is 15.2. The number of carbonyl (C=O) groups is 1. The second-order valence-electron chi connectivity index (χ2n) is 5.52. The maximum absolute atomic E-state index is 12.0. The van der Waals surface area contributed by atoms with Crippen molar-refractivity contribution >= 4 is 16.0 Å². The van der Waals surface area contributed by atoms with Crippen molar-refractivity contribution in [3.05, 3.63) is 0 Å². The number of nitrogens with one attached hydrogen (secondary N) is 1. The molecule has 0 saturated heterocycles. The summed E-state index contributed by atoms with van der Waals surface area (Å²) >= 11 is 0. The van der Waals surface area contributed by atoms with E-state index in [-0.39, 0.29) is 19.4 Å². The van der Waals surface area contributed by atoms with Crippen LogP contribution in [0.4, 0.5) is 0 Å². The summed E-state index contributed by atoms with van der Waals surface area (Å²) in [4.78, 5) is 11.0. The molecule has 6 nitrogen and oxygen atoms in total. The first-order valence-electron chi connectivity index (χ1n) is 6.95. The van der Waals surface area contributed by atoms with Crippen molar-refractivity contribution in [2.24, 2.45) is 5.41 Å². The molecule has 1 fully saturated rings. The minimum Gasteiger partial charge on any atom is -0.481 e. The van der Waals surface area contributed by atoms with Gasteiger partial charge in [-0.3, -0.25) is 4.79 Å². The molecule has 1 unspecified atom stereocenters. The van der Waals surface area contributed by atoms with Crippen LogP contribution in [-0.4, -0.2) is 31.3 Å². The van der Waals surface area contributed by atoms with Crippen molar-refractivity contribution in [2.75, 3.05) is 6.54 Å². The molecule has 1 saturated carbocycles. The van der Waals surface area contributed by atoms with Gasteiger partial charge in [0.25, 0.3) is 0 Å². The first kappa shape index (κ1) is 16.9. The van der Waals surface area contributed by atoms with Gasteiger partial charge in [-0.15, -0.1) is 0 Å². The quantitative estimate of drug-likeness (QED) is 0.743. The Kier molecular flexibility index (Phi) is 5.96. The summed E-state index contributed by atoms with van der Waals surface area (Å²) in [6, 6.07) is 1.77. The van der Waals surface area contributed by atoms with Gasteiger partial charge in [-0.05, 0) is 24.7 Å². The minimum atomic E-state index is -3.70. The van der Waals surface area contributed by atoms with E-state index in [9.17, 15) is 13.2 Å². The van der Waals surface area contributed by atoms with E-state index >= 15 is 0 Å². The Hall–Kier alpha value is -1.13. The monoisotopic (exact) mass is 302 g/mol. The Morgan fingerprint density at radius 1 is 1.40 bits per heavy atom. The highest BCUT2D eigenvalue weighted by atomic mass is 32.2. The molecular formula is C13H22N2O4S. The van der Waals surface area contributed by atoms with Gasteiger partial charge in [-0.25, -0.2) is 13.1 Å².